The van der Waals surface area contributed by atoms with Crippen LogP contribution in [0.2, 0.25) is 0 Å². The number of ether oxygens (including phenoxy) is 2. The van der Waals surface area contributed by atoms with Gasteiger partial charge in [0.2, 0.25) is 0 Å². The molecule has 0 bridgehead atoms. The Morgan fingerprint density at radius 1 is 0.897 bits per heavy atom. The van der Waals surface area contributed by atoms with Gasteiger partial charge < -0.3 is 19.7 Å². The molecule has 1 amide bonds. The standard InChI is InChI=1S/C24H26N2O3/c1-26(2)21-12-9-18(10-13-21)16-25-24(27)20-11-14-22(23(15-20)28-3)29-17-19-7-5-4-6-8-19/h4-15H,16-17H2,1-3H3,(H,25,27). The fraction of sp³-hybridized carbons (Fsp3) is 0.208. The van der Waals surface area contributed by atoms with Gasteiger partial charge in [-0.2, -0.15) is 0 Å². The van der Waals surface area contributed by atoms with Gasteiger partial charge in [0.05, 0.1) is 7.11 Å². The molecule has 3 rings (SSSR count). The molecule has 0 aliphatic carbocycles. The summed E-state index contributed by atoms with van der Waals surface area (Å²) >= 11 is 0. The van der Waals surface area contributed by atoms with Gasteiger partial charge in [-0.15, -0.1) is 0 Å². The highest BCUT2D eigenvalue weighted by atomic mass is 16.5. The average molecular weight is 390 g/mol. The first-order valence-corrected chi connectivity index (χ1v) is 9.46. The van der Waals surface area contributed by atoms with E-state index >= 15 is 0 Å². The van der Waals surface area contributed by atoms with Gasteiger partial charge in [0.15, 0.2) is 11.5 Å². The van der Waals surface area contributed by atoms with Crippen molar-refractivity contribution in [2.45, 2.75) is 13.2 Å². The second kappa shape index (κ2) is 9.64. The molecule has 0 spiro atoms. The van der Waals surface area contributed by atoms with Gasteiger partial charge in [-0.3, -0.25) is 4.79 Å². The lowest BCUT2D eigenvalue weighted by Crippen LogP contribution is -2.22. The zero-order valence-electron chi connectivity index (χ0n) is 17.0. The van der Waals surface area contributed by atoms with E-state index in [0.717, 1.165) is 16.8 Å². The number of hydrogen-bond donors (Lipinski definition) is 1. The summed E-state index contributed by atoms with van der Waals surface area (Å²) in [7, 11) is 5.56. The molecular weight excluding hydrogens is 364 g/mol. The highest BCUT2D eigenvalue weighted by Crippen LogP contribution is 2.29. The molecule has 0 atom stereocenters. The predicted molar refractivity (Wildman–Crippen MR) is 116 cm³/mol. The number of hydrogen-bond acceptors (Lipinski definition) is 4. The molecule has 0 heterocycles. The van der Waals surface area contributed by atoms with Crippen molar-refractivity contribution in [1.29, 1.82) is 0 Å². The normalized spacial score (nSPS) is 10.3. The molecule has 0 aliphatic heterocycles. The van der Waals surface area contributed by atoms with Crippen LogP contribution in [0.25, 0.3) is 0 Å². The number of anilines is 1. The summed E-state index contributed by atoms with van der Waals surface area (Å²) in [5, 5.41) is 2.94. The third-order valence-electron chi connectivity index (χ3n) is 4.57. The van der Waals surface area contributed by atoms with E-state index in [1.807, 2.05) is 73.6 Å². The number of carbonyl (C=O) groups excluding carboxylic acids is 1. The topological polar surface area (TPSA) is 50.8 Å². The molecule has 0 fully saturated rings. The summed E-state index contributed by atoms with van der Waals surface area (Å²) in [5.74, 6) is 0.977. The first-order chi connectivity index (χ1) is 14.1. The smallest absolute Gasteiger partial charge is 0.251 e. The van der Waals surface area contributed by atoms with E-state index in [1.165, 1.54) is 0 Å². The summed E-state index contributed by atoms with van der Waals surface area (Å²) in [6.45, 7) is 0.896. The minimum absolute atomic E-state index is 0.158. The molecule has 150 valence electrons. The maximum absolute atomic E-state index is 12.5. The van der Waals surface area contributed by atoms with Gasteiger partial charge in [0, 0.05) is 31.9 Å². The Bertz CT molecular complexity index is 938. The van der Waals surface area contributed by atoms with E-state index in [-0.39, 0.29) is 5.91 Å². The SMILES string of the molecule is COc1cc(C(=O)NCc2ccc(N(C)C)cc2)ccc1OCc1ccccc1. The molecule has 3 aromatic carbocycles. The summed E-state index contributed by atoms with van der Waals surface area (Å²) in [4.78, 5) is 14.6. The summed E-state index contributed by atoms with van der Waals surface area (Å²) in [5.41, 5.74) is 3.75. The van der Waals surface area contributed by atoms with Crippen molar-refractivity contribution in [2.24, 2.45) is 0 Å². The third kappa shape index (κ3) is 5.51. The monoisotopic (exact) mass is 390 g/mol. The van der Waals surface area contributed by atoms with Crippen molar-refractivity contribution >= 4 is 11.6 Å². The number of amides is 1. The van der Waals surface area contributed by atoms with Crippen LogP contribution >= 0.6 is 0 Å². The molecule has 0 radical (unpaired) electrons. The minimum Gasteiger partial charge on any atom is -0.493 e. The first kappa shape index (κ1) is 20.3. The number of methoxy groups -OCH3 is 1. The molecule has 5 heteroatoms. The van der Waals surface area contributed by atoms with Crippen LogP contribution in [0.5, 0.6) is 11.5 Å². The Kier molecular flexibility index (Phi) is 6.74. The number of carbonyl (C=O) groups is 1. The average Bonchev–Trinajstić information content (AvgIpc) is 2.76. The summed E-state index contributed by atoms with van der Waals surface area (Å²) < 4.78 is 11.3. The van der Waals surface area contributed by atoms with Gasteiger partial charge in [0.1, 0.15) is 6.61 Å². The van der Waals surface area contributed by atoms with E-state index in [0.29, 0.717) is 30.2 Å². The number of benzene rings is 3. The highest BCUT2D eigenvalue weighted by Gasteiger charge is 2.11. The Morgan fingerprint density at radius 3 is 2.28 bits per heavy atom. The van der Waals surface area contributed by atoms with Crippen LogP contribution in [-0.2, 0) is 13.2 Å². The Morgan fingerprint density at radius 2 is 1.62 bits per heavy atom. The summed E-state index contributed by atoms with van der Waals surface area (Å²) in [6, 6.07) is 23.2. The van der Waals surface area contributed by atoms with E-state index < -0.39 is 0 Å². The Labute approximate surface area is 171 Å². The van der Waals surface area contributed by atoms with E-state index in [9.17, 15) is 4.79 Å². The van der Waals surface area contributed by atoms with Crippen molar-refractivity contribution in [3.8, 4) is 11.5 Å². The second-order valence-electron chi connectivity index (χ2n) is 6.88. The largest absolute Gasteiger partial charge is 0.493 e. The predicted octanol–water partition coefficient (Wildman–Crippen LogP) is 4.27. The van der Waals surface area contributed by atoms with E-state index in [4.69, 9.17) is 9.47 Å². The van der Waals surface area contributed by atoms with E-state index in [1.54, 1.807) is 25.3 Å². The van der Waals surface area contributed by atoms with Gasteiger partial charge in [-0.1, -0.05) is 42.5 Å². The van der Waals surface area contributed by atoms with Gasteiger partial charge in [-0.25, -0.2) is 0 Å². The zero-order valence-corrected chi connectivity index (χ0v) is 17.0. The molecule has 29 heavy (non-hydrogen) atoms. The van der Waals surface area contributed by atoms with Gasteiger partial charge >= 0.3 is 0 Å². The molecule has 5 nitrogen and oxygen atoms in total. The molecule has 0 unspecified atom stereocenters. The maximum atomic E-state index is 12.5. The molecule has 0 aliphatic rings. The first-order valence-electron chi connectivity index (χ1n) is 9.46. The zero-order chi connectivity index (χ0) is 20.6. The summed E-state index contributed by atoms with van der Waals surface area (Å²) in [6.07, 6.45) is 0. The van der Waals surface area contributed by atoms with Crippen LogP contribution in [0.4, 0.5) is 5.69 Å². The quantitative estimate of drug-likeness (QED) is 0.624. The second-order valence-corrected chi connectivity index (χ2v) is 6.88. The lowest BCUT2D eigenvalue weighted by Gasteiger charge is -2.14. The lowest BCUT2D eigenvalue weighted by atomic mass is 10.1. The number of rotatable bonds is 8. The number of nitrogens with zero attached hydrogens (tertiary/aromatic N) is 1. The van der Waals surface area contributed by atoms with Crippen molar-refractivity contribution in [1.82, 2.24) is 5.32 Å². The van der Waals surface area contributed by atoms with Crippen molar-refractivity contribution in [3.63, 3.8) is 0 Å². The lowest BCUT2D eigenvalue weighted by molar-refractivity contribution is 0.0950. The molecule has 0 saturated carbocycles. The van der Waals surface area contributed by atoms with Crippen LogP contribution < -0.4 is 19.7 Å². The molecule has 1 N–H and O–H groups in total. The van der Waals surface area contributed by atoms with Gasteiger partial charge in [0.25, 0.3) is 5.91 Å². The third-order valence-corrected chi connectivity index (χ3v) is 4.57. The van der Waals surface area contributed by atoms with E-state index in [2.05, 4.69) is 5.32 Å². The minimum atomic E-state index is -0.158. The van der Waals surface area contributed by atoms with Crippen LogP contribution in [0.15, 0.2) is 72.8 Å². The van der Waals surface area contributed by atoms with Crippen LogP contribution in [0, 0.1) is 0 Å². The van der Waals surface area contributed by atoms with Gasteiger partial charge in [-0.05, 0) is 41.5 Å². The fourth-order valence-corrected chi connectivity index (χ4v) is 2.86. The highest BCUT2D eigenvalue weighted by molar-refractivity contribution is 5.94. The number of nitrogens with one attached hydrogen (secondary N) is 1. The van der Waals surface area contributed by atoms with Crippen LogP contribution in [0.1, 0.15) is 21.5 Å². The molecule has 3 aromatic rings. The van der Waals surface area contributed by atoms with Crippen molar-refractivity contribution in [3.05, 3.63) is 89.5 Å². The fourth-order valence-electron chi connectivity index (χ4n) is 2.86. The van der Waals surface area contributed by atoms with Crippen molar-refractivity contribution in [2.75, 3.05) is 26.1 Å². The Hall–Kier alpha value is -3.47. The maximum Gasteiger partial charge on any atom is 0.251 e. The Balaban J connectivity index is 1.61. The van der Waals surface area contributed by atoms with Crippen LogP contribution in [-0.4, -0.2) is 27.1 Å². The van der Waals surface area contributed by atoms with Crippen LogP contribution in [0.3, 0.4) is 0 Å². The molecule has 0 saturated heterocycles. The van der Waals surface area contributed by atoms with Crippen molar-refractivity contribution < 1.29 is 14.3 Å². The molecule has 0 aromatic heterocycles. The molecular formula is C24H26N2O3.